The van der Waals surface area contributed by atoms with Gasteiger partial charge in [-0.3, -0.25) is 9.80 Å². The van der Waals surface area contributed by atoms with Crippen LogP contribution >= 0.6 is 0 Å². The predicted molar refractivity (Wildman–Crippen MR) is 86.2 cm³/mol. The third-order valence-corrected chi connectivity index (χ3v) is 6.76. The van der Waals surface area contributed by atoms with Crippen molar-refractivity contribution in [3.63, 3.8) is 0 Å². The summed E-state index contributed by atoms with van der Waals surface area (Å²) in [6.07, 6.45) is 1.67. The Morgan fingerprint density at radius 1 is 1.19 bits per heavy atom. The van der Waals surface area contributed by atoms with Crippen molar-refractivity contribution in [3.8, 4) is 0 Å². The van der Waals surface area contributed by atoms with E-state index in [4.69, 9.17) is 5.73 Å². The van der Waals surface area contributed by atoms with Crippen molar-refractivity contribution in [2.45, 2.75) is 18.4 Å². The molecule has 0 radical (unpaired) electrons. The summed E-state index contributed by atoms with van der Waals surface area (Å²) in [4.78, 5) is 7.00. The lowest BCUT2D eigenvalue weighted by Crippen LogP contribution is -2.64. The van der Waals surface area contributed by atoms with Gasteiger partial charge in [-0.05, 0) is 26.9 Å². The molecule has 0 amide bonds. The minimum absolute atomic E-state index is 0.244. The summed E-state index contributed by atoms with van der Waals surface area (Å²) in [7, 11) is 1.25. The predicted octanol–water partition coefficient (Wildman–Crippen LogP) is -0.928. The standard InChI is InChI=1S/C14H30N4O2S/c1-16(2)5-6-17-7-9-18(10-8-17)14(12-15)4-3-11-21(19,20)13-14/h3-13,15H2,1-2H3. The summed E-state index contributed by atoms with van der Waals surface area (Å²) < 4.78 is 24.0. The smallest absolute Gasteiger partial charge is 0.152 e. The lowest BCUT2D eigenvalue weighted by Gasteiger charge is -2.49. The highest BCUT2D eigenvalue weighted by atomic mass is 32.2. The second-order valence-electron chi connectivity index (χ2n) is 6.76. The number of rotatable bonds is 5. The van der Waals surface area contributed by atoms with E-state index < -0.39 is 9.84 Å². The number of likely N-dealkylation sites (N-methyl/N-ethyl adjacent to an activating group) is 1. The van der Waals surface area contributed by atoms with E-state index >= 15 is 0 Å². The van der Waals surface area contributed by atoms with E-state index in [1.165, 1.54) is 0 Å². The van der Waals surface area contributed by atoms with Gasteiger partial charge in [0.25, 0.3) is 0 Å². The maximum absolute atomic E-state index is 12.0. The fourth-order valence-electron chi connectivity index (χ4n) is 3.50. The summed E-state index contributed by atoms with van der Waals surface area (Å²) in [5, 5.41) is 0. The quantitative estimate of drug-likeness (QED) is 0.706. The Morgan fingerprint density at radius 3 is 2.38 bits per heavy atom. The van der Waals surface area contributed by atoms with Gasteiger partial charge in [0.15, 0.2) is 9.84 Å². The lowest BCUT2D eigenvalue weighted by molar-refractivity contribution is 0.0390. The van der Waals surface area contributed by atoms with Gasteiger partial charge in [0.05, 0.1) is 11.5 Å². The van der Waals surface area contributed by atoms with Crippen LogP contribution in [0.15, 0.2) is 0 Å². The highest BCUT2D eigenvalue weighted by molar-refractivity contribution is 7.91. The lowest BCUT2D eigenvalue weighted by atomic mass is 9.92. The summed E-state index contributed by atoms with van der Waals surface area (Å²) in [6.45, 7) is 6.47. The molecular formula is C14H30N4O2S. The molecular weight excluding hydrogens is 288 g/mol. The molecule has 0 saturated carbocycles. The first-order valence-electron chi connectivity index (χ1n) is 7.89. The summed E-state index contributed by atoms with van der Waals surface area (Å²) >= 11 is 0. The molecule has 0 spiro atoms. The average molecular weight is 318 g/mol. The van der Waals surface area contributed by atoms with Gasteiger partial charge in [0, 0.05) is 51.4 Å². The summed E-state index contributed by atoms with van der Waals surface area (Å²) in [5.41, 5.74) is 5.68. The fraction of sp³-hybridized carbons (Fsp3) is 1.00. The molecule has 6 nitrogen and oxygen atoms in total. The highest BCUT2D eigenvalue weighted by Gasteiger charge is 2.43. The number of piperazine rings is 1. The maximum Gasteiger partial charge on any atom is 0.152 e. The van der Waals surface area contributed by atoms with Crippen LogP contribution < -0.4 is 5.73 Å². The third-order valence-electron chi connectivity index (χ3n) is 4.87. The van der Waals surface area contributed by atoms with E-state index in [1.807, 2.05) is 0 Å². The molecule has 0 aromatic rings. The van der Waals surface area contributed by atoms with Crippen molar-refractivity contribution in [1.29, 1.82) is 0 Å². The van der Waals surface area contributed by atoms with E-state index in [0.29, 0.717) is 12.3 Å². The van der Waals surface area contributed by atoms with Crippen LogP contribution in [0.5, 0.6) is 0 Å². The van der Waals surface area contributed by atoms with Crippen molar-refractivity contribution in [2.75, 3.05) is 71.4 Å². The van der Waals surface area contributed by atoms with Crippen LogP contribution in [0.4, 0.5) is 0 Å². The van der Waals surface area contributed by atoms with E-state index in [2.05, 4.69) is 28.8 Å². The molecule has 2 fully saturated rings. The number of sulfone groups is 1. The van der Waals surface area contributed by atoms with Gasteiger partial charge in [-0.15, -0.1) is 0 Å². The van der Waals surface area contributed by atoms with E-state index in [9.17, 15) is 8.42 Å². The van der Waals surface area contributed by atoms with Gasteiger partial charge in [-0.2, -0.15) is 0 Å². The Labute approximate surface area is 129 Å². The second kappa shape index (κ2) is 6.91. The first-order chi connectivity index (χ1) is 9.87. The van der Waals surface area contributed by atoms with Crippen molar-refractivity contribution in [1.82, 2.24) is 14.7 Å². The zero-order chi connectivity index (χ0) is 15.5. The molecule has 2 aliphatic heterocycles. The van der Waals surface area contributed by atoms with E-state index in [-0.39, 0.29) is 11.3 Å². The molecule has 2 heterocycles. The number of hydrogen-bond acceptors (Lipinski definition) is 6. The van der Waals surface area contributed by atoms with Gasteiger partial charge in [0.2, 0.25) is 0 Å². The van der Waals surface area contributed by atoms with E-state index in [1.54, 1.807) is 0 Å². The summed E-state index contributed by atoms with van der Waals surface area (Å²) in [5.74, 6) is 0.575. The monoisotopic (exact) mass is 318 g/mol. The molecule has 0 aromatic carbocycles. The zero-order valence-corrected chi connectivity index (χ0v) is 14.2. The van der Waals surface area contributed by atoms with Gasteiger partial charge in [-0.1, -0.05) is 0 Å². The third kappa shape index (κ3) is 4.39. The summed E-state index contributed by atoms with van der Waals surface area (Å²) in [6, 6.07) is 0. The van der Waals surface area contributed by atoms with Crippen LogP contribution in [-0.4, -0.2) is 100 Å². The molecule has 2 rings (SSSR count). The fourth-order valence-corrected chi connectivity index (χ4v) is 5.49. The molecule has 21 heavy (non-hydrogen) atoms. The van der Waals surface area contributed by atoms with Crippen molar-refractivity contribution < 1.29 is 8.42 Å². The topological polar surface area (TPSA) is 69.9 Å². The van der Waals surface area contributed by atoms with Crippen molar-refractivity contribution in [2.24, 2.45) is 5.73 Å². The normalized spacial score (nSPS) is 31.6. The van der Waals surface area contributed by atoms with Gasteiger partial charge >= 0.3 is 0 Å². The first-order valence-corrected chi connectivity index (χ1v) is 9.72. The Hall–Kier alpha value is -0.210. The molecule has 0 aromatic heterocycles. The van der Waals surface area contributed by atoms with Crippen LogP contribution in [0.3, 0.4) is 0 Å². The molecule has 0 bridgehead atoms. The molecule has 1 atom stereocenters. The minimum atomic E-state index is -2.93. The molecule has 2 N–H and O–H groups in total. The average Bonchev–Trinajstić information content (AvgIpc) is 2.44. The zero-order valence-electron chi connectivity index (χ0n) is 13.4. The number of nitrogens with two attached hydrogens (primary N) is 1. The van der Waals surface area contributed by atoms with Crippen molar-refractivity contribution in [3.05, 3.63) is 0 Å². The Balaban J connectivity index is 1.93. The van der Waals surface area contributed by atoms with Gasteiger partial charge < -0.3 is 10.6 Å². The van der Waals surface area contributed by atoms with Gasteiger partial charge in [-0.25, -0.2) is 8.42 Å². The van der Waals surface area contributed by atoms with Crippen LogP contribution in [0, 0.1) is 0 Å². The van der Waals surface area contributed by atoms with Crippen LogP contribution in [0.1, 0.15) is 12.8 Å². The van der Waals surface area contributed by atoms with Gasteiger partial charge in [0.1, 0.15) is 0 Å². The SMILES string of the molecule is CN(C)CCN1CCN(C2(CN)CCCS(=O)(=O)C2)CC1. The molecule has 124 valence electrons. The maximum atomic E-state index is 12.0. The molecule has 7 heteroatoms. The Bertz CT molecular complexity index is 432. The highest BCUT2D eigenvalue weighted by Crippen LogP contribution is 2.29. The second-order valence-corrected chi connectivity index (χ2v) is 8.94. The number of hydrogen-bond donors (Lipinski definition) is 1. The minimum Gasteiger partial charge on any atom is -0.329 e. The van der Waals surface area contributed by atoms with E-state index in [0.717, 1.165) is 52.1 Å². The molecule has 1 unspecified atom stereocenters. The van der Waals surface area contributed by atoms with Crippen LogP contribution in [-0.2, 0) is 9.84 Å². The molecule has 2 saturated heterocycles. The molecule has 0 aliphatic carbocycles. The Kier molecular flexibility index (Phi) is 5.65. The van der Waals surface area contributed by atoms with Crippen LogP contribution in [0.25, 0.3) is 0 Å². The number of nitrogens with zero attached hydrogens (tertiary/aromatic N) is 3. The Morgan fingerprint density at radius 2 is 1.86 bits per heavy atom. The van der Waals surface area contributed by atoms with Crippen LogP contribution in [0.2, 0.25) is 0 Å². The first kappa shape index (κ1) is 17.1. The molecule has 2 aliphatic rings. The van der Waals surface area contributed by atoms with Crippen molar-refractivity contribution >= 4 is 9.84 Å². The largest absolute Gasteiger partial charge is 0.329 e.